The molecule has 1 aromatic rings. The number of unbranched alkanes of at least 4 members (excludes halogenated alkanes) is 3. The van der Waals surface area contributed by atoms with Crippen LogP contribution in [0.25, 0.3) is 0 Å². The normalized spacial score (nSPS) is 19.6. The molecule has 0 saturated carbocycles. The zero-order chi connectivity index (χ0) is 21.5. The minimum absolute atomic E-state index is 0.0662. The fourth-order valence-electron chi connectivity index (χ4n) is 3.94. The van der Waals surface area contributed by atoms with Crippen molar-refractivity contribution in [3.63, 3.8) is 0 Å². The van der Waals surface area contributed by atoms with E-state index in [1.165, 1.54) is 24.8 Å². The summed E-state index contributed by atoms with van der Waals surface area (Å²) in [5, 5.41) is 22.8. The van der Waals surface area contributed by atoms with E-state index in [2.05, 4.69) is 48.6 Å². The summed E-state index contributed by atoms with van der Waals surface area (Å²) in [6, 6.07) is 11.1. The summed E-state index contributed by atoms with van der Waals surface area (Å²) in [5.41, 5.74) is 2.12. The van der Waals surface area contributed by atoms with Crippen molar-refractivity contribution >= 4 is 0 Å². The number of benzene rings is 1. The largest absolute Gasteiger partial charge is 0.395 e. The van der Waals surface area contributed by atoms with Crippen LogP contribution in [0, 0.1) is 5.41 Å². The SMILES string of the molecule is CC(CCCCCOCCCCc1ccccc1)NCC1(CO)C=CC=C(CO)C1. The second-order valence-electron chi connectivity index (χ2n) is 8.73. The third-order valence-corrected chi connectivity index (χ3v) is 5.95. The fraction of sp³-hybridized carbons (Fsp3) is 0.615. The lowest BCUT2D eigenvalue weighted by Crippen LogP contribution is -2.41. The summed E-state index contributed by atoms with van der Waals surface area (Å²) in [7, 11) is 0. The van der Waals surface area contributed by atoms with E-state index in [4.69, 9.17) is 4.74 Å². The Bertz CT molecular complexity index is 628. The molecule has 0 aromatic heterocycles. The van der Waals surface area contributed by atoms with Crippen LogP contribution in [0.3, 0.4) is 0 Å². The molecule has 0 bridgehead atoms. The molecule has 4 nitrogen and oxygen atoms in total. The maximum Gasteiger partial charge on any atom is 0.0645 e. The Kier molecular flexibility index (Phi) is 12.0. The number of nitrogens with one attached hydrogen (secondary N) is 1. The summed E-state index contributed by atoms with van der Waals surface area (Å²) >= 11 is 0. The van der Waals surface area contributed by atoms with Crippen molar-refractivity contribution < 1.29 is 14.9 Å². The van der Waals surface area contributed by atoms with Gasteiger partial charge in [-0.15, -0.1) is 0 Å². The van der Waals surface area contributed by atoms with E-state index in [1.807, 2.05) is 12.2 Å². The van der Waals surface area contributed by atoms with Crippen LogP contribution in [0.2, 0.25) is 0 Å². The zero-order valence-corrected chi connectivity index (χ0v) is 18.7. The van der Waals surface area contributed by atoms with Gasteiger partial charge in [0.2, 0.25) is 0 Å². The van der Waals surface area contributed by atoms with Gasteiger partial charge in [0, 0.05) is 31.2 Å². The van der Waals surface area contributed by atoms with Gasteiger partial charge in [-0.2, -0.15) is 0 Å². The molecule has 2 unspecified atom stereocenters. The Morgan fingerprint density at radius 3 is 2.53 bits per heavy atom. The third-order valence-electron chi connectivity index (χ3n) is 5.95. The highest BCUT2D eigenvalue weighted by atomic mass is 16.5. The number of aryl methyl sites for hydroxylation is 1. The lowest BCUT2D eigenvalue weighted by Gasteiger charge is -2.33. The Hall–Kier alpha value is -1.46. The maximum absolute atomic E-state index is 9.86. The summed E-state index contributed by atoms with van der Waals surface area (Å²) < 4.78 is 5.78. The van der Waals surface area contributed by atoms with E-state index < -0.39 is 0 Å². The predicted molar refractivity (Wildman–Crippen MR) is 125 cm³/mol. The van der Waals surface area contributed by atoms with Crippen LogP contribution in [0.4, 0.5) is 0 Å². The molecule has 30 heavy (non-hydrogen) atoms. The number of allylic oxidation sites excluding steroid dienone is 2. The van der Waals surface area contributed by atoms with Gasteiger partial charge in [-0.05, 0) is 56.6 Å². The molecule has 0 heterocycles. The number of hydrogen-bond acceptors (Lipinski definition) is 4. The van der Waals surface area contributed by atoms with Crippen molar-refractivity contribution in [3.05, 3.63) is 59.7 Å². The Morgan fingerprint density at radius 2 is 1.80 bits per heavy atom. The molecule has 2 atom stereocenters. The number of rotatable bonds is 16. The van der Waals surface area contributed by atoms with Gasteiger partial charge in [-0.3, -0.25) is 0 Å². The molecule has 1 aliphatic rings. The van der Waals surface area contributed by atoms with Crippen molar-refractivity contribution in [2.45, 2.75) is 64.3 Å². The molecule has 3 N–H and O–H groups in total. The molecule has 1 aliphatic carbocycles. The minimum atomic E-state index is -0.282. The van der Waals surface area contributed by atoms with Crippen molar-refractivity contribution in [3.8, 4) is 0 Å². The summed E-state index contributed by atoms with van der Waals surface area (Å²) in [4.78, 5) is 0. The Morgan fingerprint density at radius 1 is 1.03 bits per heavy atom. The molecule has 0 amide bonds. The predicted octanol–water partition coefficient (Wildman–Crippen LogP) is 4.42. The minimum Gasteiger partial charge on any atom is -0.395 e. The maximum atomic E-state index is 9.86. The van der Waals surface area contributed by atoms with Gasteiger partial charge < -0.3 is 20.3 Å². The monoisotopic (exact) mass is 415 g/mol. The molecule has 4 heteroatoms. The van der Waals surface area contributed by atoms with Crippen LogP contribution < -0.4 is 5.32 Å². The Labute approximate surface area is 183 Å². The zero-order valence-electron chi connectivity index (χ0n) is 18.7. The second-order valence-corrected chi connectivity index (χ2v) is 8.73. The number of aliphatic hydroxyl groups is 2. The van der Waals surface area contributed by atoms with Gasteiger partial charge in [0.25, 0.3) is 0 Å². The molecule has 1 aromatic carbocycles. The Balaban J connectivity index is 1.44. The number of aliphatic hydroxyl groups excluding tert-OH is 2. The van der Waals surface area contributed by atoms with Crippen LogP contribution >= 0.6 is 0 Å². The molecule has 0 aliphatic heterocycles. The highest BCUT2D eigenvalue weighted by molar-refractivity contribution is 5.24. The number of ether oxygens (including phenoxy) is 1. The average molecular weight is 416 g/mol. The molecule has 0 saturated heterocycles. The topological polar surface area (TPSA) is 61.7 Å². The summed E-state index contributed by atoms with van der Waals surface area (Å²) in [6.07, 6.45) is 14.8. The molecule has 168 valence electrons. The van der Waals surface area contributed by atoms with E-state index in [0.29, 0.717) is 6.04 Å². The lowest BCUT2D eigenvalue weighted by atomic mass is 9.79. The van der Waals surface area contributed by atoms with Crippen molar-refractivity contribution in [2.75, 3.05) is 33.0 Å². The highest BCUT2D eigenvalue weighted by Gasteiger charge is 2.29. The van der Waals surface area contributed by atoms with Gasteiger partial charge >= 0.3 is 0 Å². The average Bonchev–Trinajstić information content (AvgIpc) is 2.79. The third kappa shape index (κ3) is 9.57. The molecule has 0 spiro atoms. The first-order chi connectivity index (χ1) is 14.7. The first-order valence-corrected chi connectivity index (χ1v) is 11.6. The van der Waals surface area contributed by atoms with E-state index >= 15 is 0 Å². The molecular formula is C26H41NO3. The molecular weight excluding hydrogens is 374 g/mol. The standard InChI is InChI=1S/C26H41NO3/c1-23(27-21-26(22-29)16-10-15-25(19-26)20-28)11-4-3-8-17-30-18-9-7-14-24-12-5-2-6-13-24/h2,5-6,10,12-13,15-16,23,27-29H,3-4,7-9,11,14,17-22H2,1H3. The first-order valence-electron chi connectivity index (χ1n) is 11.6. The van der Waals surface area contributed by atoms with Gasteiger partial charge in [-0.1, -0.05) is 61.4 Å². The molecule has 0 radical (unpaired) electrons. The van der Waals surface area contributed by atoms with Crippen LogP contribution in [0.5, 0.6) is 0 Å². The van der Waals surface area contributed by atoms with Gasteiger partial charge in [0.1, 0.15) is 0 Å². The quantitative estimate of drug-likeness (QED) is 0.350. The van der Waals surface area contributed by atoms with E-state index in [0.717, 1.165) is 57.4 Å². The van der Waals surface area contributed by atoms with Crippen molar-refractivity contribution in [2.24, 2.45) is 5.41 Å². The van der Waals surface area contributed by atoms with Crippen molar-refractivity contribution in [1.29, 1.82) is 0 Å². The number of hydrogen-bond donors (Lipinski definition) is 3. The van der Waals surface area contributed by atoms with Crippen LogP contribution in [0.15, 0.2) is 54.1 Å². The van der Waals surface area contributed by atoms with Gasteiger partial charge in [0.15, 0.2) is 0 Å². The van der Waals surface area contributed by atoms with Crippen LogP contribution in [0.1, 0.15) is 57.4 Å². The van der Waals surface area contributed by atoms with E-state index in [-0.39, 0.29) is 18.6 Å². The molecule has 0 fully saturated rings. The lowest BCUT2D eigenvalue weighted by molar-refractivity contribution is 0.126. The van der Waals surface area contributed by atoms with Crippen molar-refractivity contribution in [1.82, 2.24) is 5.32 Å². The summed E-state index contributed by atoms with van der Waals surface area (Å²) in [6.45, 7) is 4.85. The first kappa shape index (κ1) is 24.8. The second kappa shape index (κ2) is 14.5. The fourth-order valence-corrected chi connectivity index (χ4v) is 3.94. The van der Waals surface area contributed by atoms with E-state index in [9.17, 15) is 10.2 Å². The smallest absolute Gasteiger partial charge is 0.0645 e. The van der Waals surface area contributed by atoms with Gasteiger partial charge in [-0.25, -0.2) is 0 Å². The molecule has 2 rings (SSSR count). The van der Waals surface area contributed by atoms with Gasteiger partial charge in [0.05, 0.1) is 13.2 Å². The highest BCUT2D eigenvalue weighted by Crippen LogP contribution is 2.30. The van der Waals surface area contributed by atoms with Crippen LogP contribution in [-0.2, 0) is 11.2 Å². The van der Waals surface area contributed by atoms with Crippen LogP contribution in [-0.4, -0.2) is 49.2 Å². The van der Waals surface area contributed by atoms with E-state index in [1.54, 1.807) is 0 Å². The summed E-state index contributed by atoms with van der Waals surface area (Å²) in [5.74, 6) is 0.